The smallest absolute Gasteiger partial charge is 0.261 e. The van der Waals surface area contributed by atoms with Crippen LogP contribution in [-0.4, -0.2) is 26.2 Å². The summed E-state index contributed by atoms with van der Waals surface area (Å²) in [5, 5.41) is 2.54. The molecule has 0 bridgehead atoms. The number of rotatable bonds is 9. The topological polar surface area (TPSA) is 84.5 Å². The molecule has 0 saturated carbocycles. The molecule has 3 aromatic rings. The summed E-state index contributed by atoms with van der Waals surface area (Å²) in [4.78, 5) is 13.7. The van der Waals surface area contributed by atoms with E-state index in [9.17, 15) is 13.2 Å². The van der Waals surface area contributed by atoms with Crippen LogP contribution in [0.3, 0.4) is 0 Å². The van der Waals surface area contributed by atoms with Crippen molar-refractivity contribution in [3.63, 3.8) is 0 Å². The van der Waals surface area contributed by atoms with Crippen LogP contribution in [0.15, 0.2) is 82.6 Å². The van der Waals surface area contributed by atoms with Crippen molar-refractivity contribution in [2.75, 3.05) is 16.6 Å². The van der Waals surface area contributed by atoms with Crippen molar-refractivity contribution in [3.05, 3.63) is 78.4 Å². The summed E-state index contributed by atoms with van der Waals surface area (Å²) in [5.41, 5.74) is 2.08. The van der Waals surface area contributed by atoms with Crippen LogP contribution in [0.5, 0.6) is 5.75 Å². The minimum atomic E-state index is -3.66. The highest BCUT2D eigenvalue weighted by molar-refractivity contribution is 8.00. The predicted octanol–water partition coefficient (Wildman–Crippen LogP) is 5.31. The Hall–Kier alpha value is -2.97. The van der Waals surface area contributed by atoms with E-state index in [0.717, 1.165) is 10.5 Å². The fourth-order valence-corrected chi connectivity index (χ4v) is 4.80. The molecule has 0 fully saturated rings. The van der Waals surface area contributed by atoms with Crippen LogP contribution >= 0.6 is 11.8 Å². The van der Waals surface area contributed by atoms with Crippen molar-refractivity contribution in [3.8, 4) is 5.75 Å². The molecular formula is C24H26N2O4S2. The lowest BCUT2D eigenvalue weighted by Crippen LogP contribution is -2.22. The van der Waals surface area contributed by atoms with Gasteiger partial charge in [-0.05, 0) is 69.3 Å². The maximum atomic E-state index is 12.6. The van der Waals surface area contributed by atoms with Crippen molar-refractivity contribution in [2.45, 2.75) is 35.8 Å². The average Bonchev–Trinajstić information content (AvgIpc) is 2.76. The number of benzene rings is 3. The van der Waals surface area contributed by atoms with Crippen LogP contribution in [0, 0.1) is 6.92 Å². The molecule has 0 aliphatic rings. The number of hydrogen-bond acceptors (Lipinski definition) is 5. The van der Waals surface area contributed by atoms with Gasteiger partial charge in [0.05, 0.1) is 22.4 Å². The molecule has 0 spiro atoms. The number of carbonyl (C=O) groups excluding carboxylic acids is 1. The Bertz CT molecular complexity index is 1160. The molecule has 168 valence electrons. The molecule has 32 heavy (non-hydrogen) atoms. The highest BCUT2D eigenvalue weighted by Crippen LogP contribution is 2.28. The van der Waals surface area contributed by atoms with Gasteiger partial charge in [0.15, 0.2) is 0 Å². The summed E-state index contributed by atoms with van der Waals surface area (Å²) in [6, 6.07) is 20.9. The molecular weight excluding hydrogens is 444 g/mol. The quantitative estimate of drug-likeness (QED) is 0.414. The molecule has 3 aromatic carbocycles. The second kappa shape index (κ2) is 10.6. The molecule has 2 N–H and O–H groups in total. The van der Waals surface area contributed by atoms with E-state index >= 15 is 0 Å². The maximum Gasteiger partial charge on any atom is 0.261 e. The molecule has 1 amide bonds. The van der Waals surface area contributed by atoms with Crippen LogP contribution < -0.4 is 14.8 Å². The van der Waals surface area contributed by atoms with E-state index < -0.39 is 10.0 Å². The van der Waals surface area contributed by atoms with Gasteiger partial charge in [-0.15, -0.1) is 11.8 Å². The van der Waals surface area contributed by atoms with E-state index in [4.69, 9.17) is 4.74 Å². The SMILES string of the molecule is CCOc1ccccc1NC(=O)C(C)Sc1ccc(NS(=O)(=O)c2ccc(C)cc2)cc1. The molecule has 0 heterocycles. The molecule has 0 saturated heterocycles. The zero-order chi connectivity index (χ0) is 23.1. The number of anilines is 2. The molecule has 0 aromatic heterocycles. The van der Waals surface area contributed by atoms with Gasteiger partial charge in [0, 0.05) is 10.6 Å². The number of para-hydroxylation sites is 2. The molecule has 0 aliphatic heterocycles. The van der Waals surface area contributed by atoms with E-state index in [2.05, 4.69) is 10.0 Å². The van der Waals surface area contributed by atoms with E-state index in [1.54, 1.807) is 54.6 Å². The zero-order valence-electron chi connectivity index (χ0n) is 18.2. The van der Waals surface area contributed by atoms with Crippen molar-refractivity contribution >= 4 is 39.1 Å². The average molecular weight is 471 g/mol. The van der Waals surface area contributed by atoms with Crippen molar-refractivity contribution < 1.29 is 17.9 Å². The number of thioether (sulfide) groups is 1. The minimum Gasteiger partial charge on any atom is -0.492 e. The molecule has 3 rings (SSSR count). The summed E-state index contributed by atoms with van der Waals surface area (Å²) in [5.74, 6) is 0.483. The van der Waals surface area contributed by atoms with E-state index in [1.807, 2.05) is 39.0 Å². The third-order valence-electron chi connectivity index (χ3n) is 4.56. The normalized spacial score (nSPS) is 12.1. The van der Waals surface area contributed by atoms with Crippen LogP contribution in [0.25, 0.3) is 0 Å². The van der Waals surface area contributed by atoms with Gasteiger partial charge in [0.25, 0.3) is 10.0 Å². The van der Waals surface area contributed by atoms with Crippen molar-refractivity contribution in [1.29, 1.82) is 0 Å². The second-order valence-electron chi connectivity index (χ2n) is 7.12. The number of aryl methyl sites for hydroxylation is 1. The third-order valence-corrected chi connectivity index (χ3v) is 7.07. The van der Waals surface area contributed by atoms with Gasteiger partial charge in [0.2, 0.25) is 5.91 Å². The van der Waals surface area contributed by atoms with E-state index in [1.165, 1.54) is 11.8 Å². The van der Waals surface area contributed by atoms with Gasteiger partial charge >= 0.3 is 0 Å². The third kappa shape index (κ3) is 6.27. The summed E-state index contributed by atoms with van der Waals surface area (Å²) in [6.07, 6.45) is 0. The molecule has 0 radical (unpaired) electrons. The highest BCUT2D eigenvalue weighted by atomic mass is 32.2. The number of sulfonamides is 1. The summed E-state index contributed by atoms with van der Waals surface area (Å²) in [7, 11) is -3.66. The van der Waals surface area contributed by atoms with Crippen LogP contribution in [-0.2, 0) is 14.8 Å². The number of amides is 1. The van der Waals surface area contributed by atoms with Gasteiger partial charge in [-0.3, -0.25) is 9.52 Å². The molecule has 1 atom stereocenters. The highest BCUT2D eigenvalue weighted by Gasteiger charge is 2.17. The number of hydrogen-bond donors (Lipinski definition) is 2. The van der Waals surface area contributed by atoms with E-state index in [-0.39, 0.29) is 16.1 Å². The van der Waals surface area contributed by atoms with Gasteiger partial charge < -0.3 is 10.1 Å². The zero-order valence-corrected chi connectivity index (χ0v) is 19.8. The first kappa shape index (κ1) is 23.7. The van der Waals surface area contributed by atoms with Gasteiger partial charge in [-0.2, -0.15) is 0 Å². The molecule has 1 unspecified atom stereocenters. The summed E-state index contributed by atoms with van der Waals surface area (Å²) < 4.78 is 33.2. The number of carbonyl (C=O) groups is 1. The minimum absolute atomic E-state index is 0.147. The van der Waals surface area contributed by atoms with E-state index in [0.29, 0.717) is 23.7 Å². The Morgan fingerprint density at radius 3 is 2.31 bits per heavy atom. The van der Waals surface area contributed by atoms with Gasteiger partial charge in [0.1, 0.15) is 5.75 Å². The first-order valence-electron chi connectivity index (χ1n) is 10.2. The monoisotopic (exact) mass is 470 g/mol. The fourth-order valence-electron chi connectivity index (χ4n) is 2.88. The Kier molecular flexibility index (Phi) is 7.82. The number of ether oxygens (including phenoxy) is 1. The summed E-state index contributed by atoms with van der Waals surface area (Å²) >= 11 is 1.38. The van der Waals surface area contributed by atoms with Gasteiger partial charge in [-0.1, -0.05) is 29.8 Å². The maximum absolute atomic E-state index is 12.6. The Balaban J connectivity index is 1.61. The Labute approximate surface area is 193 Å². The number of nitrogens with one attached hydrogen (secondary N) is 2. The lowest BCUT2D eigenvalue weighted by atomic mass is 10.2. The van der Waals surface area contributed by atoms with Gasteiger partial charge in [-0.25, -0.2) is 8.42 Å². The van der Waals surface area contributed by atoms with Crippen LogP contribution in [0.4, 0.5) is 11.4 Å². The Morgan fingerprint density at radius 1 is 1.00 bits per heavy atom. The van der Waals surface area contributed by atoms with Crippen molar-refractivity contribution in [2.24, 2.45) is 0 Å². The molecule has 6 nitrogen and oxygen atoms in total. The first-order valence-corrected chi connectivity index (χ1v) is 12.5. The second-order valence-corrected chi connectivity index (χ2v) is 10.2. The summed E-state index contributed by atoms with van der Waals surface area (Å²) in [6.45, 7) is 6.12. The standard InChI is InChI=1S/C24H26N2O4S2/c1-4-30-23-8-6-5-7-22(23)25-24(27)18(3)31-20-13-11-19(12-14-20)26-32(28,29)21-15-9-17(2)10-16-21/h5-16,18,26H,4H2,1-3H3,(H,25,27). The van der Waals surface area contributed by atoms with Crippen LogP contribution in [0.1, 0.15) is 19.4 Å². The fraction of sp³-hybridized carbons (Fsp3) is 0.208. The first-order chi connectivity index (χ1) is 15.3. The molecule has 0 aliphatic carbocycles. The lowest BCUT2D eigenvalue weighted by molar-refractivity contribution is -0.115. The lowest BCUT2D eigenvalue weighted by Gasteiger charge is -2.15. The predicted molar refractivity (Wildman–Crippen MR) is 130 cm³/mol. The van der Waals surface area contributed by atoms with Crippen LogP contribution in [0.2, 0.25) is 0 Å². The largest absolute Gasteiger partial charge is 0.492 e. The molecule has 8 heteroatoms. The van der Waals surface area contributed by atoms with Crippen molar-refractivity contribution in [1.82, 2.24) is 0 Å². The Morgan fingerprint density at radius 2 is 1.66 bits per heavy atom.